The molecule has 1 unspecified atom stereocenters. The van der Waals surface area contributed by atoms with Crippen molar-refractivity contribution in [2.75, 3.05) is 13.2 Å². The molecule has 0 aliphatic rings. The van der Waals surface area contributed by atoms with Gasteiger partial charge in [-0.1, -0.05) is 30.3 Å². The Balaban J connectivity index is 1.60. The Morgan fingerprint density at radius 1 is 1.33 bits per heavy atom. The molecule has 0 fully saturated rings. The van der Waals surface area contributed by atoms with Gasteiger partial charge in [0, 0.05) is 13.1 Å². The number of aryl methyl sites for hydroxylation is 1. The standard InChI is InChI=1S/C15H22N4O2/c1-2-19-12-17-18-15(19)9-16-8-14(20)11-21-10-13-6-4-3-5-7-13/h3-7,12,14,16,20H,2,8-11H2,1H3. The van der Waals surface area contributed by atoms with Gasteiger partial charge in [0.2, 0.25) is 0 Å². The average molecular weight is 290 g/mol. The van der Waals surface area contributed by atoms with Crippen LogP contribution in [-0.4, -0.2) is 39.1 Å². The predicted octanol–water partition coefficient (Wildman–Crippen LogP) is 0.965. The van der Waals surface area contributed by atoms with Gasteiger partial charge in [-0.25, -0.2) is 0 Å². The predicted molar refractivity (Wildman–Crippen MR) is 79.5 cm³/mol. The minimum atomic E-state index is -0.535. The molecule has 0 aliphatic heterocycles. The minimum Gasteiger partial charge on any atom is -0.389 e. The van der Waals surface area contributed by atoms with Gasteiger partial charge in [-0.15, -0.1) is 10.2 Å². The van der Waals surface area contributed by atoms with Crippen molar-refractivity contribution in [2.24, 2.45) is 0 Å². The Labute approximate surface area is 124 Å². The number of benzene rings is 1. The van der Waals surface area contributed by atoms with Gasteiger partial charge in [-0.05, 0) is 12.5 Å². The van der Waals surface area contributed by atoms with Crippen molar-refractivity contribution in [3.8, 4) is 0 Å². The smallest absolute Gasteiger partial charge is 0.146 e. The van der Waals surface area contributed by atoms with Gasteiger partial charge >= 0.3 is 0 Å². The molecule has 1 aromatic heterocycles. The highest BCUT2D eigenvalue weighted by Gasteiger charge is 2.06. The SMILES string of the molecule is CCn1cnnc1CNCC(O)COCc1ccccc1. The quantitative estimate of drug-likeness (QED) is 0.720. The first-order valence-electron chi connectivity index (χ1n) is 7.16. The van der Waals surface area contributed by atoms with E-state index in [-0.39, 0.29) is 0 Å². The zero-order valence-electron chi connectivity index (χ0n) is 12.3. The van der Waals surface area contributed by atoms with Crippen molar-refractivity contribution in [3.63, 3.8) is 0 Å². The molecule has 6 nitrogen and oxygen atoms in total. The summed E-state index contributed by atoms with van der Waals surface area (Å²) in [6.45, 7) is 4.76. The Bertz CT molecular complexity index is 515. The molecule has 0 saturated heterocycles. The number of aliphatic hydroxyl groups is 1. The van der Waals surface area contributed by atoms with Crippen molar-refractivity contribution in [2.45, 2.75) is 32.7 Å². The molecule has 0 saturated carbocycles. The second kappa shape index (κ2) is 8.51. The zero-order chi connectivity index (χ0) is 14.9. The minimum absolute atomic E-state index is 0.308. The van der Waals surface area contributed by atoms with Gasteiger partial charge in [-0.2, -0.15) is 0 Å². The number of aliphatic hydroxyl groups excluding tert-OH is 1. The maximum atomic E-state index is 9.85. The first-order chi connectivity index (χ1) is 10.3. The van der Waals surface area contributed by atoms with Gasteiger partial charge in [-0.3, -0.25) is 0 Å². The van der Waals surface area contributed by atoms with Crippen LogP contribution in [-0.2, 0) is 24.4 Å². The summed E-state index contributed by atoms with van der Waals surface area (Å²) >= 11 is 0. The lowest BCUT2D eigenvalue weighted by Crippen LogP contribution is -2.30. The van der Waals surface area contributed by atoms with Crippen molar-refractivity contribution in [3.05, 3.63) is 48.0 Å². The molecule has 2 rings (SSSR count). The number of rotatable bonds is 9. The van der Waals surface area contributed by atoms with E-state index >= 15 is 0 Å². The summed E-state index contributed by atoms with van der Waals surface area (Å²) in [6, 6.07) is 9.92. The number of aromatic nitrogens is 3. The third-order valence-electron chi connectivity index (χ3n) is 3.12. The van der Waals surface area contributed by atoms with Crippen LogP contribution in [0.15, 0.2) is 36.7 Å². The Hall–Kier alpha value is -1.76. The van der Waals surface area contributed by atoms with Gasteiger partial charge in [0.15, 0.2) is 0 Å². The fourth-order valence-electron chi connectivity index (χ4n) is 1.98. The third-order valence-corrected chi connectivity index (χ3v) is 3.12. The summed E-state index contributed by atoms with van der Waals surface area (Å²) in [7, 11) is 0. The lowest BCUT2D eigenvalue weighted by molar-refractivity contribution is 0.0286. The van der Waals surface area contributed by atoms with Crippen LogP contribution < -0.4 is 5.32 Å². The summed E-state index contributed by atoms with van der Waals surface area (Å²) in [5, 5.41) is 20.9. The second-order valence-corrected chi connectivity index (χ2v) is 4.82. The summed E-state index contributed by atoms with van der Waals surface area (Å²) in [6.07, 6.45) is 1.17. The van der Waals surface area contributed by atoms with Gasteiger partial charge in [0.1, 0.15) is 12.2 Å². The van der Waals surface area contributed by atoms with Crippen LogP contribution in [0.5, 0.6) is 0 Å². The maximum absolute atomic E-state index is 9.85. The van der Waals surface area contributed by atoms with E-state index in [1.807, 2.05) is 41.8 Å². The van der Waals surface area contributed by atoms with Gasteiger partial charge in [0.25, 0.3) is 0 Å². The zero-order valence-corrected chi connectivity index (χ0v) is 12.3. The van der Waals surface area contributed by atoms with E-state index < -0.39 is 6.10 Å². The number of nitrogens with one attached hydrogen (secondary N) is 1. The highest BCUT2D eigenvalue weighted by molar-refractivity contribution is 5.13. The highest BCUT2D eigenvalue weighted by Crippen LogP contribution is 2.01. The molecular weight excluding hydrogens is 268 g/mol. The molecule has 0 amide bonds. The molecule has 0 radical (unpaired) electrons. The van der Waals surface area contributed by atoms with Crippen LogP contribution in [0.1, 0.15) is 18.3 Å². The van der Waals surface area contributed by atoms with Crippen LogP contribution in [0, 0.1) is 0 Å². The van der Waals surface area contributed by atoms with Crippen molar-refractivity contribution in [1.82, 2.24) is 20.1 Å². The lowest BCUT2D eigenvalue weighted by atomic mass is 10.2. The number of nitrogens with zero attached hydrogens (tertiary/aromatic N) is 3. The van der Waals surface area contributed by atoms with Crippen LogP contribution in [0.3, 0.4) is 0 Å². The Morgan fingerprint density at radius 2 is 2.14 bits per heavy atom. The van der Waals surface area contributed by atoms with Crippen LogP contribution >= 0.6 is 0 Å². The molecule has 0 bridgehead atoms. The normalized spacial score (nSPS) is 12.5. The van der Waals surface area contributed by atoms with E-state index in [2.05, 4.69) is 15.5 Å². The number of ether oxygens (including phenoxy) is 1. The molecule has 1 atom stereocenters. The average Bonchev–Trinajstić information content (AvgIpc) is 2.96. The van der Waals surface area contributed by atoms with Gasteiger partial charge in [0.05, 0.1) is 25.9 Å². The molecule has 6 heteroatoms. The highest BCUT2D eigenvalue weighted by atomic mass is 16.5. The molecule has 1 aromatic carbocycles. The topological polar surface area (TPSA) is 72.2 Å². The molecule has 2 aromatic rings. The third kappa shape index (κ3) is 5.26. The lowest BCUT2D eigenvalue weighted by Gasteiger charge is -2.12. The monoisotopic (exact) mass is 290 g/mol. The van der Waals surface area contributed by atoms with E-state index in [1.54, 1.807) is 6.33 Å². The molecule has 0 aliphatic carbocycles. The first kappa shape index (κ1) is 15.6. The number of hydrogen-bond donors (Lipinski definition) is 2. The molecule has 2 N–H and O–H groups in total. The summed E-state index contributed by atoms with van der Waals surface area (Å²) < 4.78 is 7.45. The largest absolute Gasteiger partial charge is 0.389 e. The molecule has 114 valence electrons. The molecular formula is C15H22N4O2. The van der Waals surface area contributed by atoms with Crippen molar-refractivity contribution in [1.29, 1.82) is 0 Å². The van der Waals surface area contributed by atoms with Crippen LogP contribution in [0.25, 0.3) is 0 Å². The van der Waals surface area contributed by atoms with E-state index in [4.69, 9.17) is 4.74 Å². The Morgan fingerprint density at radius 3 is 2.90 bits per heavy atom. The maximum Gasteiger partial charge on any atom is 0.146 e. The van der Waals surface area contributed by atoms with Crippen LogP contribution in [0.2, 0.25) is 0 Å². The Kier molecular flexibility index (Phi) is 6.33. The summed E-state index contributed by atoms with van der Waals surface area (Å²) in [5.41, 5.74) is 1.11. The summed E-state index contributed by atoms with van der Waals surface area (Å²) in [4.78, 5) is 0. The van der Waals surface area contributed by atoms with Crippen molar-refractivity contribution >= 4 is 0 Å². The fourth-order valence-corrected chi connectivity index (χ4v) is 1.98. The van der Waals surface area contributed by atoms with E-state index in [0.717, 1.165) is 17.9 Å². The number of hydrogen-bond acceptors (Lipinski definition) is 5. The molecule has 0 spiro atoms. The molecule has 1 heterocycles. The van der Waals surface area contributed by atoms with E-state index in [0.29, 0.717) is 26.3 Å². The molecule has 21 heavy (non-hydrogen) atoms. The van der Waals surface area contributed by atoms with Crippen molar-refractivity contribution < 1.29 is 9.84 Å². The fraction of sp³-hybridized carbons (Fsp3) is 0.467. The summed E-state index contributed by atoms with van der Waals surface area (Å²) in [5.74, 6) is 0.870. The van der Waals surface area contributed by atoms with E-state index in [1.165, 1.54) is 0 Å². The van der Waals surface area contributed by atoms with Gasteiger partial charge < -0.3 is 19.7 Å². The van der Waals surface area contributed by atoms with Crippen LogP contribution in [0.4, 0.5) is 0 Å². The second-order valence-electron chi connectivity index (χ2n) is 4.82. The first-order valence-corrected chi connectivity index (χ1v) is 7.16. The van der Waals surface area contributed by atoms with E-state index in [9.17, 15) is 5.11 Å².